The molecule has 0 saturated carbocycles. The van der Waals surface area contributed by atoms with Crippen LogP contribution in [0.1, 0.15) is 0 Å². The summed E-state index contributed by atoms with van der Waals surface area (Å²) < 4.78 is 0. The van der Waals surface area contributed by atoms with Gasteiger partial charge in [-0.1, -0.05) is 0 Å². The Balaban J connectivity index is 0. The Morgan fingerprint density at radius 1 is 0.400 bits per heavy atom. The fourth-order valence-electron chi connectivity index (χ4n) is 0. The Hall–Kier alpha value is 3.30. The molecule has 0 atom stereocenters. The first kappa shape index (κ1) is 40.6. The molecular formula is Cu3Hf2. The topological polar surface area (TPSA) is 0 Å². The van der Waals surface area contributed by atoms with Gasteiger partial charge < -0.3 is 0 Å². The average molecular weight is 548 g/mol. The van der Waals surface area contributed by atoms with E-state index in [1.165, 1.54) is 0 Å². The Morgan fingerprint density at radius 2 is 0.400 bits per heavy atom. The van der Waals surface area contributed by atoms with Crippen LogP contribution in [-0.2, 0) is 103 Å². The maximum absolute atomic E-state index is 0. The van der Waals surface area contributed by atoms with Crippen molar-refractivity contribution in [1.82, 2.24) is 0 Å². The summed E-state index contributed by atoms with van der Waals surface area (Å²) in [5.74, 6) is 0. The van der Waals surface area contributed by atoms with Gasteiger partial charge in [0.25, 0.3) is 0 Å². The molecule has 0 amide bonds. The monoisotopic (exact) mass is 549 g/mol. The molecule has 0 bridgehead atoms. The third-order valence-electron chi connectivity index (χ3n) is 0. The minimum absolute atomic E-state index is 0. The fraction of sp³-hybridized carbons (Fsp3) is 0. The third-order valence-corrected chi connectivity index (χ3v) is 0. The van der Waals surface area contributed by atoms with Crippen LogP contribution in [0.15, 0.2) is 0 Å². The summed E-state index contributed by atoms with van der Waals surface area (Å²) in [7, 11) is 0. The predicted molar refractivity (Wildman–Crippen MR) is 0 cm³/mol. The van der Waals surface area contributed by atoms with Crippen LogP contribution < -0.4 is 0 Å². The van der Waals surface area contributed by atoms with Crippen molar-refractivity contribution in [2.45, 2.75) is 0 Å². The first-order chi connectivity index (χ1) is 0. The van der Waals surface area contributed by atoms with Crippen molar-refractivity contribution in [1.29, 1.82) is 0 Å². The maximum atomic E-state index is 0. The van der Waals surface area contributed by atoms with Gasteiger partial charge in [-0.05, 0) is 0 Å². The molecule has 0 spiro atoms. The quantitative estimate of drug-likeness (QED) is 0.375. The molecule has 0 heterocycles. The van der Waals surface area contributed by atoms with Crippen LogP contribution >= 0.6 is 0 Å². The molecule has 0 aromatic carbocycles. The first-order valence-corrected chi connectivity index (χ1v) is 0. The van der Waals surface area contributed by atoms with Gasteiger partial charge >= 0.3 is 0 Å². The van der Waals surface area contributed by atoms with E-state index < -0.39 is 0 Å². The second kappa shape index (κ2) is 26.6. The normalized spacial score (nSPS) is 0. The van der Waals surface area contributed by atoms with E-state index in [0.717, 1.165) is 0 Å². The summed E-state index contributed by atoms with van der Waals surface area (Å²) in [5.41, 5.74) is 0. The van der Waals surface area contributed by atoms with Crippen LogP contribution in [0.5, 0.6) is 0 Å². The minimum Gasteiger partial charge on any atom is 0 e. The Kier molecular flexibility index (Phi) is 216. The average Bonchev–Trinajstić information content (AvgIpc) is 0. The van der Waals surface area contributed by atoms with Gasteiger partial charge in [0.2, 0.25) is 0 Å². The molecule has 0 aliphatic rings. The molecule has 0 unspecified atom stereocenters. The van der Waals surface area contributed by atoms with E-state index >= 15 is 0 Å². The molecule has 3 radical (unpaired) electrons. The summed E-state index contributed by atoms with van der Waals surface area (Å²) in [4.78, 5) is 0. The molecule has 5 heteroatoms. The number of hydrogen-bond donors (Lipinski definition) is 0. The zero-order chi connectivity index (χ0) is 0. The van der Waals surface area contributed by atoms with Gasteiger partial charge in [-0.2, -0.15) is 0 Å². The first-order valence-electron chi connectivity index (χ1n) is 0. The van der Waals surface area contributed by atoms with Gasteiger partial charge in [0.15, 0.2) is 0 Å². The van der Waals surface area contributed by atoms with E-state index in [0.29, 0.717) is 0 Å². The van der Waals surface area contributed by atoms with Crippen LogP contribution in [0, 0.1) is 0 Å². The standard InChI is InChI=1S/3Cu.2Hf. The molecule has 41 valence electrons. The largest absolute Gasteiger partial charge is 0 e. The Morgan fingerprint density at radius 3 is 0.400 bits per heavy atom. The van der Waals surface area contributed by atoms with Gasteiger partial charge in [-0.25, -0.2) is 0 Å². The number of rotatable bonds is 0. The van der Waals surface area contributed by atoms with Gasteiger partial charge in [0.05, 0.1) is 0 Å². The van der Waals surface area contributed by atoms with Crippen LogP contribution in [0.4, 0.5) is 0 Å². The second-order valence-electron chi connectivity index (χ2n) is 0. The summed E-state index contributed by atoms with van der Waals surface area (Å²) in [6.45, 7) is 0. The van der Waals surface area contributed by atoms with E-state index in [4.69, 9.17) is 0 Å². The van der Waals surface area contributed by atoms with Crippen molar-refractivity contribution in [3.05, 3.63) is 0 Å². The zero-order valence-electron chi connectivity index (χ0n) is 1.90. The predicted octanol–water partition coefficient (Wildman–Crippen LogP) is -0.0125. The van der Waals surface area contributed by atoms with E-state index in [1.54, 1.807) is 0 Å². The van der Waals surface area contributed by atoms with Crippen molar-refractivity contribution in [3.8, 4) is 0 Å². The molecule has 0 rings (SSSR count). The fourth-order valence-corrected chi connectivity index (χ4v) is 0. The van der Waals surface area contributed by atoms with Crippen LogP contribution in [-0.4, -0.2) is 0 Å². The van der Waals surface area contributed by atoms with Gasteiger partial charge in [-0.3, -0.25) is 0 Å². The smallest absolute Gasteiger partial charge is 0 e. The van der Waals surface area contributed by atoms with Crippen molar-refractivity contribution in [2.75, 3.05) is 0 Å². The molecule has 0 N–H and O–H groups in total. The molecule has 5 heavy (non-hydrogen) atoms. The van der Waals surface area contributed by atoms with Crippen molar-refractivity contribution >= 4 is 0 Å². The van der Waals surface area contributed by atoms with E-state index in [-0.39, 0.29) is 103 Å². The minimum atomic E-state index is 0. The molecule has 0 fully saturated rings. The van der Waals surface area contributed by atoms with Crippen LogP contribution in [0.3, 0.4) is 0 Å². The van der Waals surface area contributed by atoms with Crippen molar-refractivity contribution < 1.29 is 103 Å². The van der Waals surface area contributed by atoms with E-state index in [2.05, 4.69) is 0 Å². The zero-order valence-corrected chi connectivity index (χ0v) is 11.9. The third kappa shape index (κ3) is 18.8. The summed E-state index contributed by atoms with van der Waals surface area (Å²) in [6, 6.07) is 0. The second-order valence-corrected chi connectivity index (χ2v) is 0. The van der Waals surface area contributed by atoms with E-state index in [9.17, 15) is 0 Å². The van der Waals surface area contributed by atoms with Gasteiger partial charge in [0, 0.05) is 103 Å². The molecule has 0 aliphatic heterocycles. The molecular weight excluding hydrogens is 548 g/mol. The molecule has 0 nitrogen and oxygen atoms in total. The van der Waals surface area contributed by atoms with Gasteiger partial charge in [0.1, 0.15) is 0 Å². The molecule has 0 saturated heterocycles. The molecule has 0 aromatic heterocycles. The SMILES string of the molecule is [Cu].[Cu].[Cu].[Hf].[Hf]. The van der Waals surface area contributed by atoms with Crippen molar-refractivity contribution in [2.24, 2.45) is 0 Å². The van der Waals surface area contributed by atoms with Crippen LogP contribution in [0.2, 0.25) is 0 Å². The molecule has 0 aliphatic carbocycles. The molecule has 0 aromatic rings. The Bertz CT molecular complexity index is 4.85. The van der Waals surface area contributed by atoms with Crippen LogP contribution in [0.25, 0.3) is 0 Å². The van der Waals surface area contributed by atoms with Crippen molar-refractivity contribution in [3.63, 3.8) is 0 Å². The Labute approximate surface area is 101 Å². The number of hydrogen-bond acceptors (Lipinski definition) is 0. The van der Waals surface area contributed by atoms with Gasteiger partial charge in [-0.15, -0.1) is 0 Å². The summed E-state index contributed by atoms with van der Waals surface area (Å²) in [6.07, 6.45) is 0. The maximum Gasteiger partial charge on any atom is 0 e. The summed E-state index contributed by atoms with van der Waals surface area (Å²) >= 11 is 0. The van der Waals surface area contributed by atoms with E-state index in [1.807, 2.05) is 0 Å². The summed E-state index contributed by atoms with van der Waals surface area (Å²) in [5, 5.41) is 0.